The predicted octanol–water partition coefficient (Wildman–Crippen LogP) is 2.48. The van der Waals surface area contributed by atoms with E-state index in [-0.39, 0.29) is 17.6 Å². The van der Waals surface area contributed by atoms with E-state index >= 15 is 0 Å². The second kappa shape index (κ2) is 6.06. The number of nitrogens with one attached hydrogen (secondary N) is 1. The zero-order valence-electron chi connectivity index (χ0n) is 13.4. The average molecular weight is 267 g/mol. The van der Waals surface area contributed by atoms with E-state index in [1.54, 1.807) is 0 Å². The Kier molecular flexibility index (Phi) is 5.16. The van der Waals surface area contributed by atoms with Gasteiger partial charge in [-0.05, 0) is 39.5 Å². The molecule has 0 radical (unpaired) electrons. The molecule has 0 aliphatic heterocycles. The number of rotatable bonds is 6. The van der Waals surface area contributed by atoms with Crippen LogP contribution in [0.15, 0.2) is 0 Å². The van der Waals surface area contributed by atoms with Gasteiger partial charge in [-0.15, -0.1) is 0 Å². The molecular formula is C15H29N3O. The molecule has 4 nitrogen and oxygen atoms in total. The maximum atomic E-state index is 9.52. The maximum absolute atomic E-state index is 9.52. The second-order valence-corrected chi connectivity index (χ2v) is 6.53. The van der Waals surface area contributed by atoms with Crippen LogP contribution >= 0.6 is 0 Å². The lowest BCUT2D eigenvalue weighted by Crippen LogP contribution is -2.33. The topological polar surface area (TPSA) is 50.1 Å². The first-order chi connectivity index (χ1) is 8.64. The standard InChI is InChI=1S/C15H29N3O/c1-10(19)8-15(5,6)9-16-11(2)14-12(3)17-18(7)13(14)4/h10-11,16,19H,8-9H2,1-7H3. The molecule has 19 heavy (non-hydrogen) atoms. The van der Waals surface area contributed by atoms with Gasteiger partial charge in [0.15, 0.2) is 0 Å². The highest BCUT2D eigenvalue weighted by Gasteiger charge is 2.23. The van der Waals surface area contributed by atoms with Crippen molar-refractivity contribution in [3.05, 3.63) is 17.0 Å². The number of aryl methyl sites for hydroxylation is 2. The summed E-state index contributed by atoms with van der Waals surface area (Å²) in [6.07, 6.45) is 0.548. The van der Waals surface area contributed by atoms with Crippen molar-refractivity contribution in [3.63, 3.8) is 0 Å². The smallest absolute Gasteiger partial charge is 0.0644 e. The highest BCUT2D eigenvalue weighted by atomic mass is 16.3. The van der Waals surface area contributed by atoms with Crippen LogP contribution in [0.3, 0.4) is 0 Å². The summed E-state index contributed by atoms with van der Waals surface area (Å²) in [7, 11) is 1.98. The van der Waals surface area contributed by atoms with Crippen molar-refractivity contribution in [2.24, 2.45) is 12.5 Å². The fourth-order valence-corrected chi connectivity index (χ4v) is 2.82. The number of aliphatic hydroxyl groups excluding tert-OH is 1. The molecule has 1 heterocycles. The summed E-state index contributed by atoms with van der Waals surface area (Å²) in [6, 6.07) is 0.280. The first-order valence-electron chi connectivity index (χ1n) is 7.05. The Morgan fingerprint density at radius 2 is 1.89 bits per heavy atom. The van der Waals surface area contributed by atoms with Crippen molar-refractivity contribution in [3.8, 4) is 0 Å². The predicted molar refractivity (Wildman–Crippen MR) is 79.2 cm³/mol. The largest absolute Gasteiger partial charge is 0.393 e. The van der Waals surface area contributed by atoms with Crippen molar-refractivity contribution in [1.29, 1.82) is 0 Å². The zero-order valence-corrected chi connectivity index (χ0v) is 13.4. The van der Waals surface area contributed by atoms with Gasteiger partial charge >= 0.3 is 0 Å². The number of aromatic nitrogens is 2. The third-order valence-corrected chi connectivity index (χ3v) is 3.73. The monoisotopic (exact) mass is 267 g/mol. The summed E-state index contributed by atoms with van der Waals surface area (Å²) < 4.78 is 1.93. The van der Waals surface area contributed by atoms with Gasteiger partial charge in [-0.2, -0.15) is 5.10 Å². The van der Waals surface area contributed by atoms with E-state index < -0.39 is 0 Å². The Hall–Kier alpha value is -0.870. The van der Waals surface area contributed by atoms with E-state index in [1.807, 2.05) is 18.7 Å². The van der Waals surface area contributed by atoms with Crippen LogP contribution in [0, 0.1) is 19.3 Å². The molecule has 1 rings (SSSR count). The molecule has 4 heteroatoms. The van der Waals surface area contributed by atoms with E-state index in [0.29, 0.717) is 0 Å². The van der Waals surface area contributed by atoms with Gasteiger partial charge < -0.3 is 10.4 Å². The van der Waals surface area contributed by atoms with Gasteiger partial charge in [0.1, 0.15) is 0 Å². The van der Waals surface area contributed by atoms with E-state index in [9.17, 15) is 5.11 Å². The quantitative estimate of drug-likeness (QED) is 0.832. The Morgan fingerprint density at radius 1 is 1.32 bits per heavy atom. The summed E-state index contributed by atoms with van der Waals surface area (Å²) in [5.74, 6) is 0. The fraction of sp³-hybridized carbons (Fsp3) is 0.800. The highest BCUT2D eigenvalue weighted by Crippen LogP contribution is 2.25. The lowest BCUT2D eigenvalue weighted by Gasteiger charge is -2.28. The molecule has 2 N–H and O–H groups in total. The third kappa shape index (κ3) is 4.32. The first-order valence-corrected chi connectivity index (χ1v) is 7.05. The van der Waals surface area contributed by atoms with Crippen LogP contribution in [0.4, 0.5) is 0 Å². The molecule has 0 amide bonds. The number of aliphatic hydroxyl groups is 1. The molecule has 0 spiro atoms. The molecule has 2 unspecified atom stereocenters. The number of nitrogens with zero attached hydrogens (tertiary/aromatic N) is 2. The van der Waals surface area contributed by atoms with Crippen LogP contribution in [0.1, 0.15) is 57.1 Å². The average Bonchev–Trinajstić information content (AvgIpc) is 2.48. The van der Waals surface area contributed by atoms with Gasteiger partial charge in [-0.25, -0.2) is 0 Å². The Balaban J connectivity index is 2.68. The zero-order chi connectivity index (χ0) is 14.8. The van der Waals surface area contributed by atoms with E-state index in [4.69, 9.17) is 0 Å². The summed E-state index contributed by atoms with van der Waals surface area (Å²) in [6.45, 7) is 13.4. The van der Waals surface area contributed by atoms with Crippen LogP contribution < -0.4 is 5.32 Å². The molecule has 0 aliphatic rings. The lowest BCUT2D eigenvalue weighted by atomic mass is 9.86. The summed E-state index contributed by atoms with van der Waals surface area (Å²) >= 11 is 0. The van der Waals surface area contributed by atoms with E-state index in [1.165, 1.54) is 11.3 Å². The van der Waals surface area contributed by atoms with Gasteiger partial charge in [-0.1, -0.05) is 13.8 Å². The molecular weight excluding hydrogens is 238 g/mol. The molecule has 0 aromatic carbocycles. The number of hydrogen-bond donors (Lipinski definition) is 2. The SMILES string of the molecule is Cc1nn(C)c(C)c1C(C)NCC(C)(C)CC(C)O. The van der Waals surface area contributed by atoms with Gasteiger partial charge in [0.05, 0.1) is 11.8 Å². The molecule has 0 bridgehead atoms. The van der Waals surface area contributed by atoms with Gasteiger partial charge in [0.25, 0.3) is 0 Å². The molecule has 110 valence electrons. The van der Waals surface area contributed by atoms with Crippen LogP contribution in [0.5, 0.6) is 0 Å². The van der Waals surface area contributed by atoms with Crippen molar-refractivity contribution >= 4 is 0 Å². The lowest BCUT2D eigenvalue weighted by molar-refractivity contribution is 0.127. The minimum Gasteiger partial charge on any atom is -0.393 e. The van der Waals surface area contributed by atoms with Crippen molar-refractivity contribution in [1.82, 2.24) is 15.1 Å². The summed E-state index contributed by atoms with van der Waals surface area (Å²) in [5.41, 5.74) is 3.68. The van der Waals surface area contributed by atoms with Crippen molar-refractivity contribution < 1.29 is 5.11 Å². The molecule has 0 saturated heterocycles. The molecule has 0 fully saturated rings. The van der Waals surface area contributed by atoms with Crippen molar-refractivity contribution in [2.75, 3.05) is 6.54 Å². The third-order valence-electron chi connectivity index (χ3n) is 3.73. The second-order valence-electron chi connectivity index (χ2n) is 6.53. The molecule has 0 saturated carbocycles. The minimum absolute atomic E-state index is 0.0897. The molecule has 1 aromatic heterocycles. The summed E-state index contributed by atoms with van der Waals surface area (Å²) in [5, 5.41) is 17.6. The van der Waals surface area contributed by atoms with Crippen LogP contribution in [-0.2, 0) is 7.05 Å². The van der Waals surface area contributed by atoms with Gasteiger partial charge in [0, 0.05) is 30.9 Å². The highest BCUT2D eigenvalue weighted by molar-refractivity contribution is 5.27. The van der Waals surface area contributed by atoms with Gasteiger partial charge in [-0.3, -0.25) is 4.68 Å². The van der Waals surface area contributed by atoms with Crippen molar-refractivity contribution in [2.45, 2.75) is 60.1 Å². The Labute approximate surface area is 117 Å². The van der Waals surface area contributed by atoms with Crippen LogP contribution in [-0.4, -0.2) is 27.5 Å². The molecule has 2 atom stereocenters. The van der Waals surface area contributed by atoms with E-state index in [2.05, 4.69) is 45.0 Å². The molecule has 1 aromatic rings. The minimum atomic E-state index is -0.256. The normalized spacial score (nSPS) is 15.6. The first kappa shape index (κ1) is 16.2. The van der Waals surface area contributed by atoms with E-state index in [0.717, 1.165) is 18.7 Å². The molecule has 0 aliphatic carbocycles. The summed E-state index contributed by atoms with van der Waals surface area (Å²) in [4.78, 5) is 0. The van der Waals surface area contributed by atoms with Gasteiger partial charge in [0.2, 0.25) is 0 Å². The Bertz CT molecular complexity index is 421. The number of hydrogen-bond acceptors (Lipinski definition) is 3. The fourth-order valence-electron chi connectivity index (χ4n) is 2.82. The maximum Gasteiger partial charge on any atom is 0.0644 e. The van der Waals surface area contributed by atoms with Crippen LogP contribution in [0.2, 0.25) is 0 Å². The Morgan fingerprint density at radius 3 is 2.32 bits per heavy atom. The van der Waals surface area contributed by atoms with Crippen LogP contribution in [0.25, 0.3) is 0 Å².